The molecule has 3 rings (SSSR count). The van der Waals surface area contributed by atoms with Crippen molar-refractivity contribution in [1.29, 1.82) is 0 Å². The Labute approximate surface area is 122 Å². The second kappa shape index (κ2) is 5.12. The highest BCUT2D eigenvalue weighted by molar-refractivity contribution is 6.09. The normalized spacial score (nSPS) is 13.9. The molecule has 0 bridgehead atoms. The molecule has 0 radical (unpaired) electrons. The van der Waals surface area contributed by atoms with Gasteiger partial charge in [0.1, 0.15) is 5.75 Å². The number of nitrogen functional groups attached to an aromatic ring is 1. The van der Waals surface area contributed by atoms with Gasteiger partial charge < -0.3 is 15.4 Å². The summed E-state index contributed by atoms with van der Waals surface area (Å²) in [6.07, 6.45) is 1.85. The predicted octanol–water partition coefficient (Wildman–Crippen LogP) is 1.90. The molecule has 6 heteroatoms. The summed E-state index contributed by atoms with van der Waals surface area (Å²) in [6, 6.07) is 5.83. The number of nitrogens with one attached hydrogen (secondary N) is 1. The van der Waals surface area contributed by atoms with Crippen LogP contribution in [0.25, 0.3) is 0 Å². The van der Waals surface area contributed by atoms with E-state index in [2.05, 4.69) is 10.2 Å². The van der Waals surface area contributed by atoms with Gasteiger partial charge in [-0.3, -0.25) is 9.89 Å². The van der Waals surface area contributed by atoms with E-state index in [-0.39, 0.29) is 11.6 Å². The fraction of sp³-hybridized carbons (Fsp3) is 0.333. The van der Waals surface area contributed by atoms with Crippen LogP contribution in [0.1, 0.15) is 28.2 Å². The summed E-state index contributed by atoms with van der Waals surface area (Å²) in [5.41, 5.74) is 9.25. The maximum absolute atomic E-state index is 12.8. The molecule has 2 heterocycles. The molecule has 110 valence electrons. The lowest BCUT2D eigenvalue weighted by Gasteiger charge is -2.30. The van der Waals surface area contributed by atoms with Crippen molar-refractivity contribution < 1.29 is 9.53 Å². The van der Waals surface area contributed by atoms with Gasteiger partial charge in [0.25, 0.3) is 5.91 Å². The van der Waals surface area contributed by atoms with Gasteiger partial charge >= 0.3 is 0 Å². The Kier molecular flexibility index (Phi) is 3.29. The van der Waals surface area contributed by atoms with Crippen LogP contribution in [-0.4, -0.2) is 29.8 Å². The van der Waals surface area contributed by atoms with E-state index in [1.165, 1.54) is 0 Å². The first-order valence-electron chi connectivity index (χ1n) is 6.91. The molecule has 1 aromatic carbocycles. The van der Waals surface area contributed by atoms with Crippen molar-refractivity contribution in [3.8, 4) is 5.75 Å². The van der Waals surface area contributed by atoms with Crippen LogP contribution in [-0.2, 0) is 6.42 Å². The number of anilines is 2. The van der Waals surface area contributed by atoms with E-state index < -0.39 is 0 Å². The lowest BCUT2D eigenvalue weighted by atomic mass is 10.0. The molecule has 2 aromatic rings. The predicted molar refractivity (Wildman–Crippen MR) is 80.7 cm³/mol. The lowest BCUT2D eigenvalue weighted by Crippen LogP contribution is -2.36. The number of hydrogen-bond acceptors (Lipinski definition) is 4. The van der Waals surface area contributed by atoms with Gasteiger partial charge in [0.05, 0.1) is 24.2 Å². The van der Waals surface area contributed by atoms with E-state index in [4.69, 9.17) is 10.5 Å². The zero-order chi connectivity index (χ0) is 15.0. The number of aromatic amines is 1. The topological polar surface area (TPSA) is 84.2 Å². The van der Waals surface area contributed by atoms with Gasteiger partial charge in [0, 0.05) is 6.54 Å². The Morgan fingerprint density at radius 2 is 2.29 bits per heavy atom. The van der Waals surface area contributed by atoms with Gasteiger partial charge in [-0.2, -0.15) is 5.10 Å². The number of rotatable bonds is 2. The number of nitrogens with two attached hydrogens (primary N) is 1. The number of ether oxygens (including phenoxy) is 1. The minimum Gasteiger partial charge on any atom is -0.495 e. The Morgan fingerprint density at radius 1 is 1.48 bits per heavy atom. The highest BCUT2D eigenvalue weighted by Gasteiger charge is 2.29. The Morgan fingerprint density at radius 3 is 2.95 bits per heavy atom. The van der Waals surface area contributed by atoms with Crippen molar-refractivity contribution in [2.45, 2.75) is 19.8 Å². The number of hydrogen-bond donors (Lipinski definition) is 2. The second-order valence-electron chi connectivity index (χ2n) is 5.14. The zero-order valence-corrected chi connectivity index (χ0v) is 12.1. The smallest absolute Gasteiger partial charge is 0.281 e. The van der Waals surface area contributed by atoms with E-state index in [9.17, 15) is 4.79 Å². The first-order chi connectivity index (χ1) is 10.1. The second-order valence-corrected chi connectivity index (χ2v) is 5.14. The summed E-state index contributed by atoms with van der Waals surface area (Å²) in [6.45, 7) is 2.43. The van der Waals surface area contributed by atoms with Crippen LogP contribution in [0.5, 0.6) is 5.75 Å². The van der Waals surface area contributed by atoms with E-state index in [1.54, 1.807) is 18.9 Å². The third kappa shape index (κ3) is 2.12. The summed E-state index contributed by atoms with van der Waals surface area (Å²) in [7, 11) is 1.61. The number of carbonyl (C=O) groups excluding carboxylic acids is 1. The SMILES string of the molecule is COc1cccc2c1N(C(=O)c1n[nH]c(C)c1N)CCC2. The maximum atomic E-state index is 12.8. The molecular weight excluding hydrogens is 268 g/mol. The van der Waals surface area contributed by atoms with Crippen molar-refractivity contribution in [1.82, 2.24) is 10.2 Å². The van der Waals surface area contributed by atoms with Gasteiger partial charge in [-0.05, 0) is 31.4 Å². The Hall–Kier alpha value is -2.50. The molecule has 0 fully saturated rings. The standard InChI is InChI=1S/C15H18N4O2/c1-9-12(16)13(18-17-9)15(20)19-8-4-6-10-5-3-7-11(21-2)14(10)19/h3,5,7H,4,6,8,16H2,1-2H3,(H,17,18). The van der Waals surface area contributed by atoms with Crippen LogP contribution in [0.4, 0.5) is 11.4 Å². The number of amides is 1. The first-order valence-corrected chi connectivity index (χ1v) is 6.91. The summed E-state index contributed by atoms with van der Waals surface area (Å²) in [4.78, 5) is 14.5. The minimum absolute atomic E-state index is 0.192. The number of fused-ring (bicyclic) bond motifs is 1. The van der Waals surface area contributed by atoms with Gasteiger partial charge in [-0.15, -0.1) is 0 Å². The van der Waals surface area contributed by atoms with Crippen molar-refractivity contribution >= 4 is 17.3 Å². The number of nitrogens with zero attached hydrogens (tertiary/aromatic N) is 2. The molecule has 6 nitrogen and oxygen atoms in total. The first kappa shape index (κ1) is 13.5. The van der Waals surface area contributed by atoms with Crippen molar-refractivity contribution in [2.75, 3.05) is 24.3 Å². The molecule has 1 aromatic heterocycles. The quantitative estimate of drug-likeness (QED) is 0.883. The van der Waals surface area contributed by atoms with Crippen molar-refractivity contribution in [3.63, 3.8) is 0 Å². The molecule has 0 unspecified atom stereocenters. The summed E-state index contributed by atoms with van der Waals surface area (Å²) in [5.74, 6) is 0.508. The number of aryl methyl sites for hydroxylation is 2. The molecule has 0 atom stereocenters. The Bertz CT molecular complexity index is 679. The molecule has 0 saturated carbocycles. The van der Waals surface area contributed by atoms with Crippen molar-refractivity contribution in [2.24, 2.45) is 0 Å². The number of carbonyl (C=O) groups is 1. The van der Waals surface area contributed by atoms with E-state index in [0.717, 1.165) is 24.1 Å². The largest absolute Gasteiger partial charge is 0.495 e. The molecule has 21 heavy (non-hydrogen) atoms. The minimum atomic E-state index is -0.192. The highest BCUT2D eigenvalue weighted by atomic mass is 16.5. The monoisotopic (exact) mass is 286 g/mol. The Balaban J connectivity index is 2.06. The van der Waals surface area contributed by atoms with E-state index in [0.29, 0.717) is 23.7 Å². The average molecular weight is 286 g/mol. The molecule has 1 aliphatic heterocycles. The van der Waals surface area contributed by atoms with Gasteiger partial charge in [0.15, 0.2) is 5.69 Å². The van der Waals surface area contributed by atoms with Crippen LogP contribution < -0.4 is 15.4 Å². The summed E-state index contributed by atoms with van der Waals surface area (Å²) >= 11 is 0. The number of methoxy groups -OCH3 is 1. The number of para-hydroxylation sites is 1. The third-order valence-corrected chi connectivity index (χ3v) is 3.84. The van der Waals surface area contributed by atoms with Crippen LogP contribution in [0.3, 0.4) is 0 Å². The van der Waals surface area contributed by atoms with Crippen LogP contribution in [0, 0.1) is 6.92 Å². The van der Waals surface area contributed by atoms with Gasteiger partial charge in [-0.1, -0.05) is 12.1 Å². The van der Waals surface area contributed by atoms with E-state index >= 15 is 0 Å². The molecular formula is C15H18N4O2. The zero-order valence-electron chi connectivity index (χ0n) is 12.1. The fourth-order valence-corrected chi connectivity index (χ4v) is 2.71. The molecule has 0 spiro atoms. The van der Waals surface area contributed by atoms with E-state index in [1.807, 2.05) is 18.2 Å². The van der Waals surface area contributed by atoms with Crippen LogP contribution in [0.15, 0.2) is 18.2 Å². The maximum Gasteiger partial charge on any atom is 0.281 e. The van der Waals surface area contributed by atoms with Crippen LogP contribution in [0.2, 0.25) is 0 Å². The molecule has 1 amide bonds. The highest BCUT2D eigenvalue weighted by Crippen LogP contribution is 2.37. The molecule has 1 aliphatic rings. The summed E-state index contributed by atoms with van der Waals surface area (Å²) < 4.78 is 5.41. The molecule has 0 aliphatic carbocycles. The van der Waals surface area contributed by atoms with Crippen LogP contribution >= 0.6 is 0 Å². The molecule has 0 saturated heterocycles. The number of aromatic nitrogens is 2. The third-order valence-electron chi connectivity index (χ3n) is 3.84. The lowest BCUT2D eigenvalue weighted by molar-refractivity contribution is 0.0980. The fourth-order valence-electron chi connectivity index (χ4n) is 2.71. The van der Waals surface area contributed by atoms with Crippen molar-refractivity contribution in [3.05, 3.63) is 35.2 Å². The van der Waals surface area contributed by atoms with Gasteiger partial charge in [-0.25, -0.2) is 0 Å². The molecule has 3 N–H and O–H groups in total. The number of H-pyrrole nitrogens is 1. The number of benzene rings is 1. The average Bonchev–Trinajstić information content (AvgIpc) is 2.85. The van der Waals surface area contributed by atoms with Gasteiger partial charge in [0.2, 0.25) is 0 Å². The summed E-state index contributed by atoms with van der Waals surface area (Å²) in [5, 5.41) is 6.79.